The molecule has 0 aliphatic rings. The predicted octanol–water partition coefficient (Wildman–Crippen LogP) is 3.49. The summed E-state index contributed by atoms with van der Waals surface area (Å²) >= 11 is 0. The Bertz CT molecular complexity index is 473. The summed E-state index contributed by atoms with van der Waals surface area (Å²) in [7, 11) is 0. The van der Waals surface area contributed by atoms with Crippen molar-refractivity contribution < 1.29 is 13.6 Å². The van der Waals surface area contributed by atoms with E-state index in [1.165, 1.54) is 18.2 Å². The predicted molar refractivity (Wildman–Crippen MR) is 76.6 cm³/mol. The minimum Gasteiger partial charge on any atom is -0.305 e. The SMILES string of the molecule is CCNC(C)(Cc1c(F)cccc1F)C(=O)C(C)(C)C. The number of benzene rings is 1. The first-order valence-corrected chi connectivity index (χ1v) is 6.84. The van der Waals surface area contributed by atoms with E-state index in [-0.39, 0.29) is 17.8 Å². The van der Waals surface area contributed by atoms with E-state index in [0.717, 1.165) is 0 Å². The first kappa shape index (κ1) is 16.8. The van der Waals surface area contributed by atoms with Crippen molar-refractivity contribution >= 4 is 5.78 Å². The molecule has 0 amide bonds. The van der Waals surface area contributed by atoms with Crippen LogP contribution >= 0.6 is 0 Å². The molecular weight excluding hydrogens is 260 g/mol. The highest BCUT2D eigenvalue weighted by Gasteiger charge is 2.40. The van der Waals surface area contributed by atoms with Gasteiger partial charge >= 0.3 is 0 Å². The van der Waals surface area contributed by atoms with Crippen LogP contribution in [0.1, 0.15) is 40.2 Å². The van der Waals surface area contributed by atoms with Crippen LogP contribution in [-0.2, 0) is 11.2 Å². The van der Waals surface area contributed by atoms with Gasteiger partial charge in [0.1, 0.15) is 11.6 Å². The first-order chi connectivity index (χ1) is 9.12. The number of hydrogen-bond donors (Lipinski definition) is 1. The Kier molecular flexibility index (Phi) is 5.03. The van der Waals surface area contributed by atoms with Gasteiger partial charge in [0.2, 0.25) is 0 Å². The molecular formula is C16H23F2NO. The molecule has 1 N–H and O–H groups in total. The molecule has 0 bridgehead atoms. The molecule has 1 unspecified atom stereocenters. The van der Waals surface area contributed by atoms with Gasteiger partial charge in [0.15, 0.2) is 5.78 Å². The lowest BCUT2D eigenvalue weighted by Crippen LogP contribution is -2.55. The Labute approximate surface area is 119 Å². The second kappa shape index (κ2) is 6.00. The van der Waals surface area contributed by atoms with Crippen LogP contribution in [0.5, 0.6) is 0 Å². The Morgan fingerprint density at radius 1 is 1.15 bits per heavy atom. The summed E-state index contributed by atoms with van der Waals surface area (Å²) in [4.78, 5) is 12.6. The quantitative estimate of drug-likeness (QED) is 0.896. The fourth-order valence-corrected chi connectivity index (χ4v) is 2.50. The molecule has 1 aromatic rings. The highest BCUT2D eigenvalue weighted by atomic mass is 19.1. The van der Waals surface area contributed by atoms with Crippen LogP contribution in [0.2, 0.25) is 0 Å². The molecule has 1 atom stereocenters. The van der Waals surface area contributed by atoms with Crippen molar-refractivity contribution in [1.29, 1.82) is 0 Å². The molecule has 112 valence electrons. The Hall–Kier alpha value is -1.29. The first-order valence-electron chi connectivity index (χ1n) is 6.84. The minimum absolute atomic E-state index is 0.00451. The van der Waals surface area contributed by atoms with Crippen LogP contribution in [-0.4, -0.2) is 17.9 Å². The molecule has 0 saturated heterocycles. The second-order valence-electron chi connectivity index (χ2n) is 6.32. The summed E-state index contributed by atoms with van der Waals surface area (Å²) in [6.07, 6.45) is -0.00451. The van der Waals surface area contributed by atoms with Crippen molar-refractivity contribution in [2.24, 2.45) is 5.41 Å². The van der Waals surface area contributed by atoms with Gasteiger partial charge in [-0.1, -0.05) is 33.8 Å². The lowest BCUT2D eigenvalue weighted by molar-refractivity contribution is -0.132. The number of carbonyl (C=O) groups excluding carboxylic acids is 1. The molecule has 0 heterocycles. The molecule has 1 rings (SSSR count). The summed E-state index contributed by atoms with van der Waals surface area (Å²) in [6, 6.07) is 3.75. The van der Waals surface area contributed by atoms with Gasteiger partial charge in [-0.3, -0.25) is 4.79 Å². The van der Waals surface area contributed by atoms with Crippen LogP contribution in [0, 0.1) is 17.0 Å². The summed E-state index contributed by atoms with van der Waals surface area (Å²) in [5.41, 5.74) is -1.62. The summed E-state index contributed by atoms with van der Waals surface area (Å²) in [6.45, 7) is 9.55. The summed E-state index contributed by atoms with van der Waals surface area (Å²) < 4.78 is 27.6. The average molecular weight is 283 g/mol. The monoisotopic (exact) mass is 283 g/mol. The molecule has 4 heteroatoms. The van der Waals surface area contributed by atoms with Gasteiger partial charge in [-0.15, -0.1) is 0 Å². The van der Waals surface area contributed by atoms with Gasteiger partial charge in [-0.05, 0) is 25.6 Å². The minimum atomic E-state index is -0.990. The summed E-state index contributed by atoms with van der Waals surface area (Å²) in [5, 5.41) is 3.09. The standard InChI is InChI=1S/C16H23F2NO/c1-6-19-16(5,14(20)15(2,3)4)10-11-12(17)8-7-9-13(11)18/h7-9,19H,6,10H2,1-5H3. The Balaban J connectivity index is 3.19. The number of nitrogens with one attached hydrogen (secondary N) is 1. The molecule has 0 fully saturated rings. The molecule has 0 aliphatic carbocycles. The van der Waals surface area contributed by atoms with Crippen molar-refractivity contribution in [3.8, 4) is 0 Å². The van der Waals surface area contributed by atoms with Gasteiger partial charge in [-0.25, -0.2) is 8.78 Å². The number of likely N-dealkylation sites (N-methyl/N-ethyl adjacent to an activating group) is 1. The van der Waals surface area contributed by atoms with Gasteiger partial charge in [0.25, 0.3) is 0 Å². The van der Waals surface area contributed by atoms with E-state index in [9.17, 15) is 13.6 Å². The molecule has 0 spiro atoms. The van der Waals surface area contributed by atoms with Gasteiger partial charge in [-0.2, -0.15) is 0 Å². The number of ketones is 1. The van der Waals surface area contributed by atoms with Crippen molar-refractivity contribution in [1.82, 2.24) is 5.32 Å². The van der Waals surface area contributed by atoms with Crippen LogP contribution in [0.15, 0.2) is 18.2 Å². The number of carbonyl (C=O) groups is 1. The van der Waals surface area contributed by atoms with Crippen LogP contribution in [0.3, 0.4) is 0 Å². The van der Waals surface area contributed by atoms with E-state index in [2.05, 4.69) is 5.32 Å². The van der Waals surface area contributed by atoms with Crippen LogP contribution in [0.25, 0.3) is 0 Å². The van der Waals surface area contributed by atoms with Crippen molar-refractivity contribution in [3.63, 3.8) is 0 Å². The molecule has 20 heavy (non-hydrogen) atoms. The second-order valence-corrected chi connectivity index (χ2v) is 6.32. The molecule has 0 aromatic heterocycles. The van der Waals surface area contributed by atoms with Crippen LogP contribution in [0.4, 0.5) is 8.78 Å². The van der Waals surface area contributed by atoms with Gasteiger partial charge < -0.3 is 5.32 Å². The average Bonchev–Trinajstić information content (AvgIpc) is 2.32. The third-order valence-electron chi connectivity index (χ3n) is 3.34. The topological polar surface area (TPSA) is 29.1 Å². The van der Waals surface area contributed by atoms with Crippen LogP contribution < -0.4 is 5.32 Å². The van der Waals surface area contributed by atoms with Gasteiger partial charge in [0.05, 0.1) is 5.54 Å². The molecule has 0 saturated carbocycles. The van der Waals surface area contributed by atoms with E-state index in [1.54, 1.807) is 6.92 Å². The molecule has 2 nitrogen and oxygen atoms in total. The van der Waals surface area contributed by atoms with Crippen molar-refractivity contribution in [2.45, 2.75) is 46.6 Å². The van der Waals surface area contributed by atoms with E-state index < -0.39 is 22.6 Å². The fourth-order valence-electron chi connectivity index (χ4n) is 2.50. The number of hydrogen-bond acceptors (Lipinski definition) is 2. The molecule has 0 aliphatic heterocycles. The lowest BCUT2D eigenvalue weighted by atomic mass is 9.76. The Morgan fingerprint density at radius 3 is 2.05 bits per heavy atom. The molecule has 0 radical (unpaired) electrons. The maximum absolute atomic E-state index is 13.8. The van der Waals surface area contributed by atoms with Crippen molar-refractivity contribution in [3.05, 3.63) is 35.4 Å². The highest BCUT2D eigenvalue weighted by Crippen LogP contribution is 2.27. The van der Waals surface area contributed by atoms with E-state index in [4.69, 9.17) is 0 Å². The zero-order valence-corrected chi connectivity index (χ0v) is 12.8. The zero-order valence-electron chi connectivity index (χ0n) is 12.8. The van der Waals surface area contributed by atoms with E-state index in [1.807, 2.05) is 27.7 Å². The Morgan fingerprint density at radius 2 is 1.65 bits per heavy atom. The van der Waals surface area contributed by atoms with E-state index in [0.29, 0.717) is 6.54 Å². The largest absolute Gasteiger partial charge is 0.305 e. The third-order valence-corrected chi connectivity index (χ3v) is 3.34. The third kappa shape index (κ3) is 3.63. The normalized spacial score (nSPS) is 14.9. The van der Waals surface area contributed by atoms with E-state index >= 15 is 0 Å². The van der Waals surface area contributed by atoms with Crippen molar-refractivity contribution in [2.75, 3.05) is 6.54 Å². The summed E-state index contributed by atoms with van der Waals surface area (Å²) in [5.74, 6) is -1.29. The van der Waals surface area contributed by atoms with Gasteiger partial charge in [0, 0.05) is 17.4 Å². The maximum atomic E-state index is 13.8. The zero-order chi connectivity index (χ0) is 15.6. The smallest absolute Gasteiger partial charge is 0.158 e. The fraction of sp³-hybridized carbons (Fsp3) is 0.562. The lowest BCUT2D eigenvalue weighted by Gasteiger charge is -2.35. The highest BCUT2D eigenvalue weighted by molar-refractivity contribution is 5.92. The number of halogens is 2. The number of Topliss-reactive ketones (excluding diaryl/α,β-unsaturated/α-hetero) is 1. The molecule has 1 aromatic carbocycles. The maximum Gasteiger partial charge on any atom is 0.158 e. The number of rotatable bonds is 5.